The molecule has 0 aliphatic carbocycles. The zero-order valence-electron chi connectivity index (χ0n) is 12.2. The normalized spacial score (nSPS) is 19.2. The summed E-state index contributed by atoms with van der Waals surface area (Å²) >= 11 is 0. The molecule has 0 saturated heterocycles. The van der Waals surface area contributed by atoms with E-state index >= 15 is 0 Å². The molecule has 20 heavy (non-hydrogen) atoms. The lowest BCUT2D eigenvalue weighted by Gasteiger charge is -2.32. The number of hydrogen-bond donors (Lipinski definition) is 0. The minimum Gasteiger partial charge on any atom is -0.384 e. The number of hydrogen-bond acceptors (Lipinski definition) is 5. The molecule has 3 rings (SSSR count). The Labute approximate surface area is 118 Å². The lowest BCUT2D eigenvalue weighted by Crippen LogP contribution is -2.35. The maximum Gasteiger partial charge on any atom is 0.133 e. The van der Waals surface area contributed by atoms with Gasteiger partial charge in [-0.25, -0.2) is 4.98 Å². The van der Waals surface area contributed by atoms with E-state index in [1.807, 2.05) is 26.4 Å². The molecule has 0 unspecified atom stereocenters. The molecule has 0 fully saturated rings. The van der Waals surface area contributed by atoms with Gasteiger partial charge in [0, 0.05) is 51.5 Å². The lowest BCUT2D eigenvalue weighted by molar-refractivity contribution is 0.130. The molecule has 1 aliphatic heterocycles. The summed E-state index contributed by atoms with van der Waals surface area (Å²) in [5.74, 6) is 1.20. The van der Waals surface area contributed by atoms with Gasteiger partial charge in [0.1, 0.15) is 5.76 Å². The van der Waals surface area contributed by atoms with Gasteiger partial charge in [-0.05, 0) is 6.92 Å². The molecular weight excluding hydrogens is 256 g/mol. The topological polar surface area (TPSA) is 56.3 Å². The van der Waals surface area contributed by atoms with Crippen molar-refractivity contribution in [2.75, 3.05) is 20.3 Å². The van der Waals surface area contributed by atoms with Crippen molar-refractivity contribution in [2.24, 2.45) is 7.05 Å². The highest BCUT2D eigenvalue weighted by molar-refractivity contribution is 5.22. The number of fused-ring (bicyclic) bond motifs is 1. The Morgan fingerprint density at radius 3 is 3.05 bits per heavy atom. The van der Waals surface area contributed by atoms with Gasteiger partial charge in [0.25, 0.3) is 0 Å². The summed E-state index contributed by atoms with van der Waals surface area (Å²) < 4.78 is 12.6. The standard InChI is InChI=1S/C14H20N4O2/c1-10-4-12(16-20-10)6-18-5-11(8-19-3)14-13(7-18)15-9-17(14)2/h4,9,11H,5-8H2,1-3H3/t11-/m1/s1. The SMILES string of the molecule is COC[C@H]1CN(Cc2cc(C)on2)Cc2ncn(C)c21. The van der Waals surface area contributed by atoms with Crippen molar-refractivity contribution in [1.82, 2.24) is 19.6 Å². The second-order valence-electron chi connectivity index (χ2n) is 5.44. The summed E-state index contributed by atoms with van der Waals surface area (Å²) in [6, 6.07) is 1.99. The van der Waals surface area contributed by atoms with Crippen LogP contribution in [0.25, 0.3) is 0 Å². The average molecular weight is 276 g/mol. The van der Waals surface area contributed by atoms with Crippen LogP contribution in [-0.4, -0.2) is 39.9 Å². The van der Waals surface area contributed by atoms with Crippen molar-refractivity contribution >= 4 is 0 Å². The van der Waals surface area contributed by atoms with Crippen LogP contribution < -0.4 is 0 Å². The summed E-state index contributed by atoms with van der Waals surface area (Å²) in [5, 5.41) is 4.07. The predicted octanol–water partition coefficient (Wildman–Crippen LogP) is 1.46. The van der Waals surface area contributed by atoms with Crippen molar-refractivity contribution in [1.29, 1.82) is 0 Å². The molecule has 2 aromatic heterocycles. The van der Waals surface area contributed by atoms with Crippen molar-refractivity contribution in [3.8, 4) is 0 Å². The molecule has 1 atom stereocenters. The first-order valence-electron chi connectivity index (χ1n) is 6.81. The first-order chi connectivity index (χ1) is 9.67. The van der Waals surface area contributed by atoms with Gasteiger partial charge in [-0.2, -0.15) is 0 Å². The Bertz CT molecular complexity index is 590. The van der Waals surface area contributed by atoms with Crippen molar-refractivity contribution in [3.63, 3.8) is 0 Å². The number of rotatable bonds is 4. The Morgan fingerprint density at radius 2 is 2.35 bits per heavy atom. The summed E-state index contributed by atoms with van der Waals surface area (Å²) in [5.41, 5.74) is 3.40. The van der Waals surface area contributed by atoms with Crippen LogP contribution in [-0.2, 0) is 24.9 Å². The summed E-state index contributed by atoms with van der Waals surface area (Å²) in [6.45, 7) is 5.21. The number of nitrogens with zero attached hydrogens (tertiary/aromatic N) is 4. The van der Waals surface area contributed by atoms with Crippen LogP contribution in [0.1, 0.15) is 28.8 Å². The molecule has 0 saturated carbocycles. The number of aromatic nitrogens is 3. The number of imidazole rings is 1. The molecule has 2 aromatic rings. The highest BCUT2D eigenvalue weighted by Crippen LogP contribution is 2.28. The molecule has 0 radical (unpaired) electrons. The van der Waals surface area contributed by atoms with Crippen LogP contribution in [0.15, 0.2) is 16.9 Å². The fourth-order valence-electron chi connectivity index (χ4n) is 2.98. The van der Waals surface area contributed by atoms with Gasteiger partial charge >= 0.3 is 0 Å². The molecular formula is C14H20N4O2. The Balaban J connectivity index is 1.79. The van der Waals surface area contributed by atoms with Gasteiger partial charge in [-0.3, -0.25) is 4.90 Å². The third-order valence-electron chi connectivity index (χ3n) is 3.73. The molecule has 3 heterocycles. The van der Waals surface area contributed by atoms with Gasteiger partial charge < -0.3 is 13.8 Å². The molecule has 0 amide bonds. The zero-order valence-corrected chi connectivity index (χ0v) is 12.2. The van der Waals surface area contributed by atoms with E-state index in [9.17, 15) is 0 Å². The molecule has 1 aliphatic rings. The van der Waals surface area contributed by atoms with E-state index in [-0.39, 0.29) is 0 Å². The number of aryl methyl sites for hydroxylation is 2. The second kappa shape index (κ2) is 5.38. The molecule has 0 N–H and O–H groups in total. The Kier molecular flexibility index (Phi) is 3.58. The van der Waals surface area contributed by atoms with E-state index in [1.54, 1.807) is 7.11 Å². The third kappa shape index (κ3) is 2.48. The van der Waals surface area contributed by atoms with Gasteiger partial charge in [0.15, 0.2) is 0 Å². The van der Waals surface area contributed by atoms with E-state index in [2.05, 4.69) is 19.6 Å². The van der Waals surface area contributed by atoms with Crippen molar-refractivity contribution in [2.45, 2.75) is 25.9 Å². The fourth-order valence-corrected chi connectivity index (χ4v) is 2.98. The first kappa shape index (κ1) is 13.3. The van der Waals surface area contributed by atoms with Crippen LogP contribution in [0.2, 0.25) is 0 Å². The van der Waals surface area contributed by atoms with Gasteiger partial charge in [-0.15, -0.1) is 0 Å². The van der Waals surface area contributed by atoms with Crippen LogP contribution in [0.4, 0.5) is 0 Å². The molecule has 0 bridgehead atoms. The quantitative estimate of drug-likeness (QED) is 0.846. The molecule has 6 heteroatoms. The number of methoxy groups -OCH3 is 1. The van der Waals surface area contributed by atoms with Crippen LogP contribution in [0.5, 0.6) is 0 Å². The highest BCUT2D eigenvalue weighted by Gasteiger charge is 2.29. The largest absolute Gasteiger partial charge is 0.384 e. The number of ether oxygens (including phenoxy) is 1. The van der Waals surface area contributed by atoms with Gasteiger partial charge in [0.2, 0.25) is 0 Å². The lowest BCUT2D eigenvalue weighted by atomic mass is 9.99. The maximum absolute atomic E-state index is 5.36. The Morgan fingerprint density at radius 1 is 1.50 bits per heavy atom. The molecule has 6 nitrogen and oxygen atoms in total. The third-order valence-corrected chi connectivity index (χ3v) is 3.73. The van der Waals surface area contributed by atoms with Crippen LogP contribution in [0, 0.1) is 6.92 Å². The average Bonchev–Trinajstić information content (AvgIpc) is 2.97. The smallest absolute Gasteiger partial charge is 0.133 e. The highest BCUT2D eigenvalue weighted by atomic mass is 16.5. The van der Waals surface area contributed by atoms with E-state index in [4.69, 9.17) is 9.26 Å². The first-order valence-corrected chi connectivity index (χ1v) is 6.81. The van der Waals surface area contributed by atoms with Crippen molar-refractivity contribution in [3.05, 3.63) is 35.2 Å². The van der Waals surface area contributed by atoms with E-state index in [0.29, 0.717) is 12.5 Å². The summed E-state index contributed by atoms with van der Waals surface area (Å²) in [7, 11) is 3.79. The zero-order chi connectivity index (χ0) is 14.1. The maximum atomic E-state index is 5.36. The van der Waals surface area contributed by atoms with E-state index in [1.165, 1.54) is 5.69 Å². The van der Waals surface area contributed by atoms with Gasteiger partial charge in [-0.1, -0.05) is 5.16 Å². The van der Waals surface area contributed by atoms with Crippen LogP contribution >= 0.6 is 0 Å². The summed E-state index contributed by atoms with van der Waals surface area (Å²) in [6.07, 6.45) is 1.89. The summed E-state index contributed by atoms with van der Waals surface area (Å²) in [4.78, 5) is 6.85. The van der Waals surface area contributed by atoms with Crippen molar-refractivity contribution < 1.29 is 9.26 Å². The van der Waals surface area contributed by atoms with E-state index in [0.717, 1.165) is 36.8 Å². The fraction of sp³-hybridized carbons (Fsp3) is 0.571. The van der Waals surface area contributed by atoms with Crippen LogP contribution in [0.3, 0.4) is 0 Å². The minimum absolute atomic E-state index is 0.351. The molecule has 0 aromatic carbocycles. The molecule has 0 spiro atoms. The van der Waals surface area contributed by atoms with E-state index < -0.39 is 0 Å². The molecule has 108 valence electrons. The predicted molar refractivity (Wildman–Crippen MR) is 73.2 cm³/mol. The monoisotopic (exact) mass is 276 g/mol. The Hall–Kier alpha value is -1.66. The second-order valence-corrected chi connectivity index (χ2v) is 5.44. The minimum atomic E-state index is 0.351. The van der Waals surface area contributed by atoms with Gasteiger partial charge in [0.05, 0.1) is 24.3 Å².